The number of nitrogens with one attached hydrogen (secondary N) is 2. The minimum atomic E-state index is -0.525. The smallest absolute Gasteiger partial charge is 0.307 e. The van der Waals surface area contributed by atoms with Crippen LogP contribution in [0, 0.1) is 0 Å². The molecule has 0 radical (unpaired) electrons. The summed E-state index contributed by atoms with van der Waals surface area (Å²) in [7, 11) is 0. The second kappa shape index (κ2) is 7.50. The summed E-state index contributed by atoms with van der Waals surface area (Å²) in [6.45, 7) is 0. The lowest BCUT2D eigenvalue weighted by atomic mass is 10.1. The van der Waals surface area contributed by atoms with E-state index >= 15 is 0 Å². The topological polar surface area (TPSA) is 92.9 Å². The Morgan fingerprint density at radius 1 is 0.840 bits per heavy atom. The van der Waals surface area contributed by atoms with E-state index in [4.69, 9.17) is 5.73 Å². The number of carbonyl (C=O) groups is 1. The summed E-state index contributed by atoms with van der Waals surface area (Å²) in [4.78, 5) is 21.0. The molecular formula is C18H15N5OS. The zero-order valence-corrected chi connectivity index (χ0v) is 14.0. The molecule has 1 aromatic heterocycles. The molecule has 2 aromatic carbocycles. The van der Waals surface area contributed by atoms with Crippen molar-refractivity contribution in [2.45, 2.75) is 0 Å². The van der Waals surface area contributed by atoms with Crippen LogP contribution in [0.4, 0.5) is 0 Å². The molecule has 1 amide bonds. The van der Waals surface area contributed by atoms with Crippen LogP contribution in [0.15, 0.2) is 66.7 Å². The summed E-state index contributed by atoms with van der Waals surface area (Å²) in [5.74, 6) is -0.508. The Labute approximate surface area is 150 Å². The number of amides is 1. The highest BCUT2D eigenvalue weighted by molar-refractivity contribution is 7.80. The van der Waals surface area contributed by atoms with Crippen LogP contribution in [-0.2, 0) is 0 Å². The van der Waals surface area contributed by atoms with Crippen molar-refractivity contribution >= 4 is 23.2 Å². The number of hydrogen-bond donors (Lipinski definition) is 3. The number of nitrogens with zero attached hydrogens (tertiary/aromatic N) is 2. The molecule has 1 heterocycles. The Morgan fingerprint density at radius 2 is 1.32 bits per heavy atom. The molecular weight excluding hydrogens is 334 g/mol. The van der Waals surface area contributed by atoms with Gasteiger partial charge in [0.1, 0.15) is 0 Å². The molecule has 0 aliphatic heterocycles. The molecule has 4 N–H and O–H groups in total. The van der Waals surface area contributed by atoms with E-state index in [2.05, 4.69) is 33.0 Å². The second-order valence-electron chi connectivity index (χ2n) is 5.14. The molecule has 0 atom stereocenters. The number of nitrogens with two attached hydrogens (primary N) is 1. The van der Waals surface area contributed by atoms with Crippen molar-refractivity contribution in [1.82, 2.24) is 20.8 Å². The van der Waals surface area contributed by atoms with Crippen LogP contribution in [0.25, 0.3) is 22.5 Å². The van der Waals surface area contributed by atoms with Crippen LogP contribution in [0.5, 0.6) is 0 Å². The van der Waals surface area contributed by atoms with Gasteiger partial charge in [0.15, 0.2) is 5.11 Å². The van der Waals surface area contributed by atoms with E-state index in [-0.39, 0.29) is 10.9 Å². The van der Waals surface area contributed by atoms with Crippen LogP contribution in [0.1, 0.15) is 10.6 Å². The molecule has 0 aliphatic rings. The number of hydrogen-bond acceptors (Lipinski definition) is 4. The van der Waals surface area contributed by atoms with E-state index in [1.54, 1.807) is 0 Å². The summed E-state index contributed by atoms with van der Waals surface area (Å²) in [6, 6.07) is 21.0. The van der Waals surface area contributed by atoms with Gasteiger partial charge in [0.2, 0.25) is 5.82 Å². The first-order chi connectivity index (χ1) is 12.1. The monoisotopic (exact) mass is 349 g/mol. The largest absolute Gasteiger partial charge is 0.375 e. The number of rotatable bonds is 3. The van der Waals surface area contributed by atoms with E-state index < -0.39 is 5.91 Å². The van der Waals surface area contributed by atoms with Gasteiger partial charge in [0.25, 0.3) is 0 Å². The zero-order chi connectivity index (χ0) is 17.6. The lowest BCUT2D eigenvalue weighted by Gasteiger charge is -2.10. The maximum Gasteiger partial charge on any atom is 0.307 e. The predicted octanol–water partition coefficient (Wildman–Crippen LogP) is 2.29. The number of hydrazine groups is 1. The van der Waals surface area contributed by atoms with Crippen molar-refractivity contribution < 1.29 is 4.79 Å². The highest BCUT2D eigenvalue weighted by atomic mass is 32.1. The Hall–Kier alpha value is -3.32. The molecule has 0 saturated heterocycles. The minimum absolute atomic E-state index is 0.0176. The third-order valence-electron chi connectivity index (χ3n) is 3.37. The Morgan fingerprint density at radius 3 is 1.76 bits per heavy atom. The van der Waals surface area contributed by atoms with Gasteiger partial charge >= 0.3 is 5.91 Å². The van der Waals surface area contributed by atoms with Gasteiger partial charge in [0, 0.05) is 11.1 Å². The number of carbonyl (C=O) groups excluding carboxylic acids is 1. The highest BCUT2D eigenvalue weighted by Crippen LogP contribution is 2.23. The van der Waals surface area contributed by atoms with Gasteiger partial charge in [-0.2, -0.15) is 0 Å². The number of aromatic nitrogens is 2. The average Bonchev–Trinajstić information content (AvgIpc) is 2.67. The third-order valence-corrected chi connectivity index (χ3v) is 3.47. The van der Waals surface area contributed by atoms with E-state index in [1.165, 1.54) is 0 Å². The van der Waals surface area contributed by atoms with E-state index in [9.17, 15) is 4.79 Å². The summed E-state index contributed by atoms with van der Waals surface area (Å²) in [5, 5.41) is -0.0455. The van der Waals surface area contributed by atoms with Gasteiger partial charge in [0.05, 0.1) is 11.4 Å². The van der Waals surface area contributed by atoms with Crippen LogP contribution in [0.2, 0.25) is 0 Å². The summed E-state index contributed by atoms with van der Waals surface area (Å²) in [6.07, 6.45) is 0. The Bertz CT molecular complexity index is 842. The van der Waals surface area contributed by atoms with Crippen molar-refractivity contribution in [3.05, 3.63) is 72.6 Å². The summed E-state index contributed by atoms with van der Waals surface area (Å²) < 4.78 is 0. The first kappa shape index (κ1) is 16.5. The summed E-state index contributed by atoms with van der Waals surface area (Å²) >= 11 is 4.68. The third kappa shape index (κ3) is 4.15. The Kier molecular flexibility index (Phi) is 4.96. The van der Waals surface area contributed by atoms with Crippen LogP contribution in [0.3, 0.4) is 0 Å². The average molecular weight is 349 g/mol. The molecule has 0 unspecified atom stereocenters. The van der Waals surface area contributed by atoms with Crippen LogP contribution >= 0.6 is 12.2 Å². The van der Waals surface area contributed by atoms with Crippen molar-refractivity contribution in [3.8, 4) is 22.5 Å². The quantitative estimate of drug-likeness (QED) is 0.496. The van der Waals surface area contributed by atoms with E-state index in [1.807, 2.05) is 66.7 Å². The van der Waals surface area contributed by atoms with Crippen LogP contribution in [-0.4, -0.2) is 21.0 Å². The summed E-state index contributed by atoms with van der Waals surface area (Å²) in [5.41, 5.74) is 13.2. The first-order valence-electron chi connectivity index (χ1n) is 7.49. The minimum Gasteiger partial charge on any atom is -0.375 e. The van der Waals surface area contributed by atoms with Gasteiger partial charge < -0.3 is 5.73 Å². The van der Waals surface area contributed by atoms with Gasteiger partial charge in [-0.3, -0.25) is 15.6 Å². The standard InChI is InChI=1S/C18H15N5OS/c19-18(25)23-22-17(24)16-20-14(12-7-3-1-4-8-12)11-15(21-16)13-9-5-2-6-10-13/h1-11H,(H,22,24)(H3,19,23,25). The van der Waals surface area contributed by atoms with Crippen molar-refractivity contribution in [1.29, 1.82) is 0 Å². The molecule has 6 nitrogen and oxygen atoms in total. The zero-order valence-electron chi connectivity index (χ0n) is 13.1. The molecule has 0 spiro atoms. The molecule has 124 valence electrons. The highest BCUT2D eigenvalue weighted by Gasteiger charge is 2.14. The molecule has 3 rings (SSSR count). The normalized spacial score (nSPS) is 10.1. The Balaban J connectivity index is 2.05. The van der Waals surface area contributed by atoms with Crippen molar-refractivity contribution in [2.24, 2.45) is 5.73 Å². The molecule has 0 fully saturated rings. The number of thiocarbonyl (C=S) groups is 1. The lowest BCUT2D eigenvalue weighted by Crippen LogP contribution is -2.44. The van der Waals surface area contributed by atoms with Crippen LogP contribution < -0.4 is 16.6 Å². The number of benzene rings is 2. The fraction of sp³-hybridized carbons (Fsp3) is 0. The predicted molar refractivity (Wildman–Crippen MR) is 100 cm³/mol. The van der Waals surface area contributed by atoms with E-state index in [0.29, 0.717) is 11.4 Å². The van der Waals surface area contributed by atoms with E-state index in [0.717, 1.165) is 11.1 Å². The van der Waals surface area contributed by atoms with Gasteiger partial charge in [-0.05, 0) is 18.3 Å². The fourth-order valence-electron chi connectivity index (χ4n) is 2.24. The lowest BCUT2D eigenvalue weighted by molar-refractivity contribution is 0.0933. The molecule has 25 heavy (non-hydrogen) atoms. The molecule has 0 bridgehead atoms. The molecule has 0 saturated carbocycles. The van der Waals surface area contributed by atoms with Crippen molar-refractivity contribution in [3.63, 3.8) is 0 Å². The van der Waals surface area contributed by atoms with Gasteiger partial charge in [-0.15, -0.1) is 0 Å². The molecule has 7 heteroatoms. The molecule has 0 aliphatic carbocycles. The fourth-order valence-corrected chi connectivity index (χ4v) is 2.29. The van der Waals surface area contributed by atoms with Gasteiger partial charge in [-0.25, -0.2) is 9.97 Å². The SMILES string of the molecule is NC(=S)NNC(=O)c1nc(-c2ccccc2)cc(-c2ccccc2)n1. The molecule has 3 aromatic rings. The maximum atomic E-state index is 12.3. The first-order valence-corrected chi connectivity index (χ1v) is 7.90. The maximum absolute atomic E-state index is 12.3. The van der Waals surface area contributed by atoms with Crippen molar-refractivity contribution in [2.75, 3.05) is 0 Å². The van der Waals surface area contributed by atoms with Gasteiger partial charge in [-0.1, -0.05) is 60.7 Å². The second-order valence-corrected chi connectivity index (χ2v) is 5.58.